The second-order valence-corrected chi connectivity index (χ2v) is 3.11. The van der Waals surface area contributed by atoms with Gasteiger partial charge in [0.2, 0.25) is 0 Å². The summed E-state index contributed by atoms with van der Waals surface area (Å²) in [6.07, 6.45) is -6.05. The number of hydrogen-bond acceptors (Lipinski definition) is 2. The van der Waals surface area contributed by atoms with Crippen LogP contribution in [0.4, 0.5) is 13.2 Å². The Morgan fingerprint density at radius 3 is 2.00 bits per heavy atom. The maximum atomic E-state index is 12.1. The zero-order valence-corrected chi connectivity index (χ0v) is 7.47. The second-order valence-electron chi connectivity index (χ2n) is 3.11. The number of ether oxygens (including phenoxy) is 1. The fraction of sp³-hybridized carbons (Fsp3) is 0.857. The van der Waals surface area contributed by atoms with E-state index < -0.39 is 23.9 Å². The summed E-state index contributed by atoms with van der Waals surface area (Å²) in [4.78, 5) is 10.2. The van der Waals surface area contributed by atoms with E-state index in [1.165, 1.54) is 0 Å². The zero-order chi connectivity index (χ0) is 10.9. The molecular formula is C7H11F3O3. The molecule has 1 N–H and O–H groups in total. The van der Waals surface area contributed by atoms with Crippen LogP contribution in [0.2, 0.25) is 0 Å². The fourth-order valence-electron chi connectivity index (χ4n) is 0.559. The maximum absolute atomic E-state index is 12.1. The van der Waals surface area contributed by atoms with Crippen LogP contribution < -0.4 is 0 Å². The number of carboxylic acids is 1. The lowest BCUT2D eigenvalue weighted by Gasteiger charge is -2.29. The minimum Gasteiger partial charge on any atom is -0.479 e. The maximum Gasteiger partial charge on any atom is 0.416 e. The minimum atomic E-state index is -4.57. The summed E-state index contributed by atoms with van der Waals surface area (Å²) in [6, 6.07) is 0. The monoisotopic (exact) mass is 200 g/mol. The van der Waals surface area contributed by atoms with Crippen LogP contribution in [0.1, 0.15) is 20.8 Å². The lowest BCUT2D eigenvalue weighted by atomic mass is 10.1. The molecule has 0 amide bonds. The minimum absolute atomic E-state index is 0.784. The molecule has 0 aliphatic heterocycles. The Balaban J connectivity index is 4.43. The molecule has 78 valence electrons. The molecule has 1 atom stereocenters. The van der Waals surface area contributed by atoms with E-state index in [9.17, 15) is 18.0 Å². The molecule has 0 aromatic rings. The first-order valence-corrected chi connectivity index (χ1v) is 3.55. The van der Waals surface area contributed by atoms with Crippen molar-refractivity contribution in [2.75, 3.05) is 0 Å². The van der Waals surface area contributed by atoms with Gasteiger partial charge in [0, 0.05) is 0 Å². The van der Waals surface area contributed by atoms with Gasteiger partial charge < -0.3 is 9.84 Å². The Bertz CT molecular complexity index is 198. The van der Waals surface area contributed by atoms with E-state index in [0.717, 1.165) is 20.8 Å². The van der Waals surface area contributed by atoms with Gasteiger partial charge in [-0.05, 0) is 20.8 Å². The van der Waals surface area contributed by atoms with Crippen LogP contribution in [0.5, 0.6) is 0 Å². The molecule has 3 nitrogen and oxygen atoms in total. The van der Waals surface area contributed by atoms with Gasteiger partial charge in [0.1, 0.15) is 0 Å². The molecule has 0 saturated carbocycles. The van der Waals surface area contributed by atoms with E-state index in [4.69, 9.17) is 5.11 Å². The predicted molar refractivity (Wildman–Crippen MR) is 38.3 cm³/mol. The van der Waals surface area contributed by atoms with Gasteiger partial charge in [-0.15, -0.1) is 0 Å². The highest BCUT2D eigenvalue weighted by Gasteiger charge is 2.50. The summed E-state index contributed by atoms with van der Waals surface area (Å²) in [7, 11) is 0. The molecule has 0 bridgehead atoms. The van der Waals surface area contributed by atoms with Crippen LogP contribution in [-0.4, -0.2) is 29.0 Å². The first-order valence-electron chi connectivity index (χ1n) is 3.55. The molecule has 0 aliphatic rings. The number of aliphatic carboxylic acids is 1. The van der Waals surface area contributed by atoms with Crippen molar-refractivity contribution in [3.8, 4) is 0 Å². The largest absolute Gasteiger partial charge is 0.479 e. The number of rotatable bonds is 3. The molecule has 0 rings (SSSR count). The Morgan fingerprint density at radius 2 is 1.77 bits per heavy atom. The number of carbonyl (C=O) groups is 1. The van der Waals surface area contributed by atoms with Crippen molar-refractivity contribution in [3.05, 3.63) is 0 Å². The molecule has 0 radical (unpaired) electrons. The summed E-state index contributed by atoms with van der Waals surface area (Å²) >= 11 is 0. The molecule has 6 heteroatoms. The third-order valence-electron chi connectivity index (χ3n) is 1.50. The third-order valence-corrected chi connectivity index (χ3v) is 1.50. The predicted octanol–water partition coefficient (Wildman–Crippen LogP) is 1.82. The van der Waals surface area contributed by atoms with Crippen molar-refractivity contribution < 1.29 is 27.8 Å². The number of halogens is 3. The van der Waals surface area contributed by atoms with E-state index in [1.54, 1.807) is 0 Å². The Hall–Kier alpha value is -0.780. The van der Waals surface area contributed by atoms with Crippen molar-refractivity contribution in [1.82, 2.24) is 0 Å². The Morgan fingerprint density at radius 1 is 1.38 bits per heavy atom. The molecule has 0 spiro atoms. The molecular weight excluding hydrogens is 189 g/mol. The van der Waals surface area contributed by atoms with Gasteiger partial charge in [0.05, 0.1) is 0 Å². The van der Waals surface area contributed by atoms with E-state index in [0.29, 0.717) is 0 Å². The van der Waals surface area contributed by atoms with E-state index in [-0.39, 0.29) is 0 Å². The van der Waals surface area contributed by atoms with Crippen molar-refractivity contribution in [3.63, 3.8) is 0 Å². The van der Waals surface area contributed by atoms with Crippen LogP contribution in [0.25, 0.3) is 0 Å². The highest BCUT2D eigenvalue weighted by Crippen LogP contribution is 2.33. The first-order chi connectivity index (χ1) is 5.58. The summed E-state index contributed by atoms with van der Waals surface area (Å²) in [6.45, 7) is 2.62. The van der Waals surface area contributed by atoms with Gasteiger partial charge in [-0.25, -0.2) is 4.79 Å². The lowest BCUT2D eigenvalue weighted by molar-refractivity contribution is -0.274. The SMILES string of the molecule is CC(OC(C)(C)C(F)(F)F)C(=O)O. The molecule has 0 heterocycles. The van der Waals surface area contributed by atoms with E-state index in [1.807, 2.05) is 0 Å². The highest BCUT2D eigenvalue weighted by atomic mass is 19.4. The molecule has 0 aromatic carbocycles. The molecule has 13 heavy (non-hydrogen) atoms. The van der Waals surface area contributed by atoms with Gasteiger partial charge in [-0.1, -0.05) is 0 Å². The smallest absolute Gasteiger partial charge is 0.416 e. The normalized spacial score (nSPS) is 15.5. The average Bonchev–Trinajstić information content (AvgIpc) is 1.83. The van der Waals surface area contributed by atoms with Gasteiger partial charge in [0.15, 0.2) is 11.7 Å². The van der Waals surface area contributed by atoms with Crippen molar-refractivity contribution >= 4 is 5.97 Å². The molecule has 0 fully saturated rings. The lowest BCUT2D eigenvalue weighted by Crippen LogP contribution is -2.45. The summed E-state index contributed by atoms with van der Waals surface area (Å²) in [5.74, 6) is -1.42. The topological polar surface area (TPSA) is 46.5 Å². The molecule has 0 aliphatic carbocycles. The number of hydrogen-bond donors (Lipinski definition) is 1. The number of alkyl halides is 3. The van der Waals surface area contributed by atoms with E-state index in [2.05, 4.69) is 4.74 Å². The summed E-state index contributed by atoms with van der Waals surface area (Å²) in [5, 5.41) is 8.32. The van der Waals surface area contributed by atoms with Gasteiger partial charge in [0.25, 0.3) is 0 Å². The molecule has 0 saturated heterocycles. The fourth-order valence-corrected chi connectivity index (χ4v) is 0.559. The second kappa shape index (κ2) is 3.53. The Labute approximate surface area is 73.5 Å². The van der Waals surface area contributed by atoms with Crippen LogP contribution in [-0.2, 0) is 9.53 Å². The van der Waals surface area contributed by atoms with E-state index >= 15 is 0 Å². The Kier molecular flexibility index (Phi) is 3.32. The average molecular weight is 200 g/mol. The molecule has 1 unspecified atom stereocenters. The third kappa shape index (κ3) is 3.22. The highest BCUT2D eigenvalue weighted by molar-refractivity contribution is 5.71. The van der Waals surface area contributed by atoms with Crippen LogP contribution in [0, 0.1) is 0 Å². The van der Waals surface area contributed by atoms with Crippen LogP contribution in [0.15, 0.2) is 0 Å². The number of carboxylic acid groups (broad SMARTS) is 1. The summed E-state index contributed by atoms with van der Waals surface area (Å²) < 4.78 is 40.8. The van der Waals surface area contributed by atoms with Crippen molar-refractivity contribution in [2.24, 2.45) is 0 Å². The first kappa shape index (κ1) is 12.2. The van der Waals surface area contributed by atoms with Gasteiger partial charge >= 0.3 is 12.1 Å². The molecule has 0 aromatic heterocycles. The standard InChI is InChI=1S/C7H11F3O3/c1-4(5(11)12)13-6(2,3)7(8,9)10/h4H,1-3H3,(H,11,12). The van der Waals surface area contributed by atoms with Gasteiger partial charge in [-0.2, -0.15) is 13.2 Å². The van der Waals surface area contributed by atoms with Crippen molar-refractivity contribution in [1.29, 1.82) is 0 Å². The zero-order valence-electron chi connectivity index (χ0n) is 7.47. The van der Waals surface area contributed by atoms with Gasteiger partial charge in [-0.3, -0.25) is 0 Å². The quantitative estimate of drug-likeness (QED) is 0.755. The van der Waals surface area contributed by atoms with Crippen LogP contribution >= 0.6 is 0 Å². The van der Waals surface area contributed by atoms with Crippen molar-refractivity contribution in [2.45, 2.75) is 38.7 Å². The summed E-state index contributed by atoms with van der Waals surface area (Å²) in [5.41, 5.74) is -2.44. The van der Waals surface area contributed by atoms with Crippen LogP contribution in [0.3, 0.4) is 0 Å².